The number of halogens is 1. The van der Waals surface area contributed by atoms with Crippen molar-refractivity contribution in [2.24, 2.45) is 0 Å². The van der Waals surface area contributed by atoms with E-state index in [1.807, 2.05) is 11.0 Å². The number of carbonyl (C=O) groups is 2. The van der Waals surface area contributed by atoms with Gasteiger partial charge >= 0.3 is 6.03 Å². The van der Waals surface area contributed by atoms with Gasteiger partial charge in [-0.2, -0.15) is 0 Å². The van der Waals surface area contributed by atoms with Gasteiger partial charge in [0.05, 0.1) is 19.1 Å². The molecule has 0 unspecified atom stereocenters. The summed E-state index contributed by atoms with van der Waals surface area (Å²) in [6.45, 7) is 1.39. The molecule has 0 aromatic heterocycles. The van der Waals surface area contributed by atoms with E-state index in [2.05, 4.69) is 10.6 Å². The molecule has 0 spiro atoms. The van der Waals surface area contributed by atoms with Crippen molar-refractivity contribution in [2.75, 3.05) is 30.3 Å². The summed E-state index contributed by atoms with van der Waals surface area (Å²) in [5.74, 6) is 0.348. The van der Waals surface area contributed by atoms with Crippen molar-refractivity contribution in [3.8, 4) is 5.75 Å². The average molecular weight is 484 g/mol. The molecular weight excluding hydrogens is 453 g/mol. The van der Waals surface area contributed by atoms with Crippen LogP contribution in [-0.4, -0.2) is 60.0 Å². The van der Waals surface area contributed by atoms with Gasteiger partial charge in [-0.15, -0.1) is 0 Å². The Labute approximate surface area is 203 Å². The first kappa shape index (κ1) is 23.6. The maximum Gasteiger partial charge on any atom is 0.323 e. The van der Waals surface area contributed by atoms with Gasteiger partial charge in [0.1, 0.15) is 23.8 Å². The molecule has 5 rings (SSSR count). The highest BCUT2D eigenvalue weighted by Gasteiger charge is 2.46. The molecule has 2 fully saturated rings. The summed E-state index contributed by atoms with van der Waals surface area (Å²) in [6.07, 6.45) is 2.92. The largest absolute Gasteiger partial charge is 0.487 e. The number of urea groups is 1. The number of likely N-dealkylation sites (tertiary alicyclic amines) is 1. The lowest BCUT2D eigenvalue weighted by atomic mass is 9.84. The van der Waals surface area contributed by atoms with E-state index in [1.165, 1.54) is 24.3 Å². The van der Waals surface area contributed by atoms with Crippen LogP contribution in [0.5, 0.6) is 5.75 Å². The van der Waals surface area contributed by atoms with Crippen LogP contribution in [0.4, 0.5) is 20.6 Å². The number of aliphatic hydroxyl groups excluding tert-OH is 1. The number of anilines is 2. The fraction of sp³-hybridized carbons (Fsp3) is 0.462. The molecule has 3 aliphatic rings. The maximum atomic E-state index is 13.1. The fourth-order valence-corrected chi connectivity index (χ4v) is 5.26. The van der Waals surface area contributed by atoms with Crippen LogP contribution in [0.25, 0.3) is 0 Å². The molecule has 35 heavy (non-hydrogen) atoms. The minimum atomic E-state index is -0.529. The van der Waals surface area contributed by atoms with Gasteiger partial charge in [0, 0.05) is 35.9 Å². The normalized spacial score (nSPS) is 25.3. The summed E-state index contributed by atoms with van der Waals surface area (Å²) in [4.78, 5) is 27.2. The molecule has 9 heteroatoms. The number of amides is 3. The van der Waals surface area contributed by atoms with Gasteiger partial charge in [-0.05, 0) is 68.1 Å². The highest BCUT2D eigenvalue weighted by Crippen LogP contribution is 2.47. The van der Waals surface area contributed by atoms with Crippen molar-refractivity contribution in [3.05, 3.63) is 53.8 Å². The number of benzene rings is 2. The second-order valence-corrected chi connectivity index (χ2v) is 9.39. The molecule has 2 aromatic carbocycles. The molecule has 2 saturated heterocycles. The third-order valence-corrected chi connectivity index (χ3v) is 6.97. The van der Waals surface area contributed by atoms with Crippen LogP contribution in [0.1, 0.15) is 43.6 Å². The molecule has 3 aliphatic heterocycles. The molecule has 8 nitrogen and oxygen atoms in total. The van der Waals surface area contributed by atoms with Gasteiger partial charge in [-0.25, -0.2) is 9.18 Å². The minimum Gasteiger partial charge on any atom is -0.487 e. The van der Waals surface area contributed by atoms with Crippen LogP contribution < -0.4 is 15.4 Å². The summed E-state index contributed by atoms with van der Waals surface area (Å²) in [7, 11) is 0. The smallest absolute Gasteiger partial charge is 0.323 e. The number of piperidine rings is 1. The van der Waals surface area contributed by atoms with Gasteiger partial charge in [0.25, 0.3) is 0 Å². The lowest BCUT2D eigenvalue weighted by molar-refractivity contribution is -0.149. The van der Waals surface area contributed by atoms with Crippen molar-refractivity contribution < 1.29 is 28.6 Å². The van der Waals surface area contributed by atoms with Gasteiger partial charge < -0.3 is 30.1 Å². The Bertz CT molecular complexity index is 1070. The third kappa shape index (κ3) is 5.26. The van der Waals surface area contributed by atoms with E-state index in [0.29, 0.717) is 23.5 Å². The molecule has 0 bridgehead atoms. The number of ether oxygens (including phenoxy) is 2. The van der Waals surface area contributed by atoms with E-state index in [0.717, 1.165) is 37.9 Å². The Kier molecular flexibility index (Phi) is 6.88. The van der Waals surface area contributed by atoms with Gasteiger partial charge in [-0.3, -0.25) is 4.79 Å². The predicted molar refractivity (Wildman–Crippen MR) is 128 cm³/mol. The van der Waals surface area contributed by atoms with Crippen molar-refractivity contribution in [1.29, 1.82) is 0 Å². The highest BCUT2D eigenvalue weighted by molar-refractivity contribution is 5.99. The van der Waals surface area contributed by atoms with E-state index in [4.69, 9.17) is 9.47 Å². The van der Waals surface area contributed by atoms with Crippen molar-refractivity contribution in [1.82, 2.24) is 4.90 Å². The Balaban J connectivity index is 1.27. The highest BCUT2D eigenvalue weighted by atomic mass is 19.1. The number of rotatable bonds is 5. The fourth-order valence-electron chi connectivity index (χ4n) is 5.26. The summed E-state index contributed by atoms with van der Waals surface area (Å²) >= 11 is 0. The average Bonchev–Trinajstić information content (AvgIpc) is 3.23. The van der Waals surface area contributed by atoms with Crippen LogP contribution in [-0.2, 0) is 9.53 Å². The molecule has 0 radical (unpaired) electrons. The zero-order valence-corrected chi connectivity index (χ0v) is 19.4. The number of carbonyl (C=O) groups excluding carboxylic acids is 2. The Morgan fingerprint density at radius 3 is 2.49 bits per heavy atom. The first-order chi connectivity index (χ1) is 17.0. The maximum absolute atomic E-state index is 13.1. The Morgan fingerprint density at radius 2 is 1.74 bits per heavy atom. The molecule has 0 saturated carbocycles. The number of aliphatic hydroxyl groups is 1. The van der Waals surface area contributed by atoms with Gasteiger partial charge in [0.2, 0.25) is 5.91 Å². The second kappa shape index (κ2) is 10.2. The topological polar surface area (TPSA) is 100 Å². The number of hydrogen-bond donors (Lipinski definition) is 3. The Morgan fingerprint density at radius 1 is 1.03 bits per heavy atom. The SMILES string of the molecule is O=C(Nc1ccc(F)cc1)Nc1ccc2c(c1)[C@H]1C[C@@H](CC(=O)N3CCCCC3)O[C@H](CO)[C@H]1O2. The van der Waals surface area contributed by atoms with Gasteiger partial charge in [-0.1, -0.05) is 0 Å². The standard InChI is InChI=1S/C26H30FN3O5/c27-16-4-6-17(7-5-16)28-26(33)29-18-8-9-22-20(12-18)21-13-19(34-23(15-31)25(21)35-22)14-24(32)30-10-2-1-3-11-30/h4-9,12,19,21,23,25,31H,1-3,10-11,13-15H2,(H2,28,29,33)/t19-,21+,23+,25-/m0/s1. The van der Waals surface area contributed by atoms with E-state index in [1.54, 1.807) is 12.1 Å². The summed E-state index contributed by atoms with van der Waals surface area (Å²) in [5.41, 5.74) is 1.98. The van der Waals surface area contributed by atoms with Crippen LogP contribution in [0.2, 0.25) is 0 Å². The van der Waals surface area contributed by atoms with Crippen molar-refractivity contribution in [3.63, 3.8) is 0 Å². The zero-order valence-electron chi connectivity index (χ0n) is 19.4. The molecule has 3 N–H and O–H groups in total. The molecular formula is C26H30FN3O5. The first-order valence-electron chi connectivity index (χ1n) is 12.2. The summed E-state index contributed by atoms with van der Waals surface area (Å²) in [6, 6.07) is 10.5. The summed E-state index contributed by atoms with van der Waals surface area (Å²) < 4.78 is 25.3. The number of fused-ring (bicyclic) bond motifs is 3. The molecule has 3 amide bonds. The minimum absolute atomic E-state index is 0.0584. The van der Waals surface area contributed by atoms with E-state index in [9.17, 15) is 19.1 Å². The second-order valence-electron chi connectivity index (χ2n) is 9.39. The number of nitrogens with zero attached hydrogens (tertiary/aromatic N) is 1. The predicted octanol–water partition coefficient (Wildman–Crippen LogP) is 3.87. The third-order valence-electron chi connectivity index (χ3n) is 6.97. The van der Waals surface area contributed by atoms with E-state index < -0.39 is 12.1 Å². The molecule has 0 aliphatic carbocycles. The first-order valence-corrected chi connectivity index (χ1v) is 12.2. The number of nitrogens with one attached hydrogen (secondary N) is 2. The molecule has 3 heterocycles. The van der Waals surface area contributed by atoms with E-state index >= 15 is 0 Å². The quantitative estimate of drug-likeness (QED) is 0.600. The molecule has 2 aromatic rings. The monoisotopic (exact) mass is 483 g/mol. The summed E-state index contributed by atoms with van der Waals surface area (Å²) in [5, 5.41) is 15.4. The van der Waals surface area contributed by atoms with E-state index in [-0.39, 0.29) is 42.9 Å². The Hall–Kier alpha value is -3.17. The lowest BCUT2D eigenvalue weighted by Gasteiger charge is -2.38. The lowest BCUT2D eigenvalue weighted by Crippen LogP contribution is -2.48. The van der Waals surface area contributed by atoms with Crippen molar-refractivity contribution >= 4 is 23.3 Å². The molecule has 186 valence electrons. The van der Waals surface area contributed by atoms with Crippen LogP contribution in [0, 0.1) is 5.82 Å². The van der Waals surface area contributed by atoms with Crippen LogP contribution in [0.3, 0.4) is 0 Å². The number of hydrogen-bond acceptors (Lipinski definition) is 5. The van der Waals surface area contributed by atoms with Crippen LogP contribution in [0.15, 0.2) is 42.5 Å². The molecule has 4 atom stereocenters. The zero-order chi connectivity index (χ0) is 24.4. The van der Waals surface area contributed by atoms with Gasteiger partial charge in [0.15, 0.2) is 0 Å². The van der Waals surface area contributed by atoms with Crippen LogP contribution >= 0.6 is 0 Å². The van der Waals surface area contributed by atoms with Crippen molar-refractivity contribution in [2.45, 2.75) is 56.3 Å².